The van der Waals surface area contributed by atoms with Crippen LogP contribution in [-0.4, -0.2) is 22.4 Å². The van der Waals surface area contributed by atoms with E-state index in [1.54, 1.807) is 18.3 Å². The highest BCUT2D eigenvalue weighted by Crippen LogP contribution is 2.32. The number of amides is 1. The number of benzene rings is 1. The van der Waals surface area contributed by atoms with Crippen LogP contribution in [0.2, 0.25) is 0 Å². The molecule has 0 bridgehead atoms. The van der Waals surface area contributed by atoms with E-state index in [1.807, 2.05) is 25.1 Å². The van der Waals surface area contributed by atoms with Crippen molar-refractivity contribution in [2.75, 3.05) is 11.9 Å². The average molecular weight is 326 g/mol. The van der Waals surface area contributed by atoms with Gasteiger partial charge in [0.15, 0.2) is 0 Å². The molecular weight excluding hydrogens is 304 g/mol. The van der Waals surface area contributed by atoms with Crippen LogP contribution >= 0.6 is 0 Å². The Morgan fingerprint density at radius 3 is 2.79 bits per heavy atom. The molecule has 2 aromatic rings. The number of hydrogen-bond donors (Lipinski definition) is 2. The molecule has 3 rings (SSSR count). The minimum Gasteiger partial charge on any atom is -0.424 e. The van der Waals surface area contributed by atoms with Crippen molar-refractivity contribution >= 4 is 11.6 Å². The molecule has 0 spiro atoms. The lowest BCUT2D eigenvalue weighted by atomic mass is 9.95. The topological polar surface area (TPSA) is 90.1 Å². The maximum absolute atomic E-state index is 12.4. The Morgan fingerprint density at radius 1 is 1.29 bits per heavy atom. The molecule has 0 unspecified atom stereocenters. The molecule has 0 radical (unpaired) electrons. The van der Waals surface area contributed by atoms with Crippen LogP contribution < -0.4 is 15.8 Å². The molecule has 6 nitrogen and oxygen atoms in total. The third kappa shape index (κ3) is 3.89. The van der Waals surface area contributed by atoms with Crippen LogP contribution in [0, 0.1) is 18.8 Å². The van der Waals surface area contributed by atoms with Gasteiger partial charge < -0.3 is 15.8 Å². The second-order valence-electron chi connectivity index (χ2n) is 6.13. The van der Waals surface area contributed by atoms with Gasteiger partial charge in [0, 0.05) is 23.5 Å². The maximum atomic E-state index is 12.4. The second kappa shape index (κ2) is 7.40. The fourth-order valence-corrected chi connectivity index (χ4v) is 3.09. The van der Waals surface area contributed by atoms with Gasteiger partial charge >= 0.3 is 6.01 Å². The van der Waals surface area contributed by atoms with Gasteiger partial charge in [-0.25, -0.2) is 9.97 Å². The van der Waals surface area contributed by atoms with Crippen molar-refractivity contribution in [3.05, 3.63) is 42.2 Å². The number of carbonyl (C=O) groups is 1. The van der Waals surface area contributed by atoms with Crippen molar-refractivity contribution in [3.63, 3.8) is 0 Å². The number of nitrogens with two attached hydrogens (primary N) is 1. The van der Waals surface area contributed by atoms with Crippen LogP contribution in [0.1, 0.15) is 25.0 Å². The van der Waals surface area contributed by atoms with Crippen LogP contribution in [0.5, 0.6) is 11.8 Å². The highest BCUT2D eigenvalue weighted by Gasteiger charge is 2.31. The Bertz CT molecular complexity index is 702. The van der Waals surface area contributed by atoms with E-state index < -0.39 is 0 Å². The number of anilines is 1. The molecule has 1 aliphatic carbocycles. The second-order valence-corrected chi connectivity index (χ2v) is 6.13. The molecule has 0 aliphatic heterocycles. The Morgan fingerprint density at radius 2 is 2.08 bits per heavy atom. The first-order chi connectivity index (χ1) is 11.7. The number of nitrogens with zero attached hydrogens (tertiary/aromatic N) is 2. The summed E-state index contributed by atoms with van der Waals surface area (Å²) in [6.07, 6.45) is 4.68. The van der Waals surface area contributed by atoms with Crippen LogP contribution in [0.15, 0.2) is 36.5 Å². The van der Waals surface area contributed by atoms with E-state index in [4.69, 9.17) is 10.5 Å². The summed E-state index contributed by atoms with van der Waals surface area (Å²) in [4.78, 5) is 20.6. The van der Waals surface area contributed by atoms with Gasteiger partial charge in [-0.3, -0.25) is 4.79 Å². The summed E-state index contributed by atoms with van der Waals surface area (Å²) in [5, 5.41) is 2.97. The van der Waals surface area contributed by atoms with Gasteiger partial charge in [-0.2, -0.15) is 0 Å². The number of hydrogen-bond acceptors (Lipinski definition) is 5. The highest BCUT2D eigenvalue weighted by atomic mass is 16.5. The first-order valence-corrected chi connectivity index (χ1v) is 8.24. The molecule has 3 N–H and O–H groups in total. The molecule has 1 heterocycles. The molecule has 1 aliphatic rings. The van der Waals surface area contributed by atoms with Gasteiger partial charge in [-0.1, -0.05) is 6.42 Å². The largest absolute Gasteiger partial charge is 0.424 e. The summed E-state index contributed by atoms with van der Waals surface area (Å²) in [6.45, 7) is 2.45. The van der Waals surface area contributed by atoms with Crippen LogP contribution in [0.3, 0.4) is 0 Å². The zero-order valence-corrected chi connectivity index (χ0v) is 13.7. The Labute approximate surface area is 141 Å². The Hall–Kier alpha value is -2.47. The van der Waals surface area contributed by atoms with Crippen LogP contribution in [0.25, 0.3) is 0 Å². The molecule has 6 heteroatoms. The average Bonchev–Trinajstić information content (AvgIpc) is 3.05. The fourth-order valence-electron chi connectivity index (χ4n) is 3.09. The molecular formula is C18H22N4O2. The van der Waals surface area contributed by atoms with Crippen molar-refractivity contribution in [2.24, 2.45) is 17.6 Å². The SMILES string of the molecule is Cc1ccnc(Oc2ccc(NC(=O)[C@@H]3CCC[C@@H]3CN)cc2)n1. The first-order valence-electron chi connectivity index (χ1n) is 8.24. The summed E-state index contributed by atoms with van der Waals surface area (Å²) >= 11 is 0. The number of nitrogens with one attached hydrogen (secondary N) is 1. The summed E-state index contributed by atoms with van der Waals surface area (Å²) < 4.78 is 5.60. The lowest BCUT2D eigenvalue weighted by Gasteiger charge is -2.17. The summed E-state index contributed by atoms with van der Waals surface area (Å²) in [5.74, 6) is 0.996. The van der Waals surface area contributed by atoms with Crippen molar-refractivity contribution in [1.29, 1.82) is 0 Å². The lowest BCUT2D eigenvalue weighted by Crippen LogP contribution is -2.29. The minimum absolute atomic E-state index is 0.0200. The Kier molecular flexibility index (Phi) is 5.05. The smallest absolute Gasteiger partial charge is 0.322 e. The van der Waals surface area contributed by atoms with E-state index in [-0.39, 0.29) is 11.8 Å². The zero-order valence-electron chi connectivity index (χ0n) is 13.7. The summed E-state index contributed by atoms with van der Waals surface area (Å²) in [6, 6.07) is 9.32. The van der Waals surface area contributed by atoms with E-state index in [2.05, 4.69) is 15.3 Å². The molecule has 126 valence electrons. The van der Waals surface area contributed by atoms with Gasteiger partial charge in [-0.15, -0.1) is 0 Å². The molecule has 1 amide bonds. The third-order valence-corrected chi connectivity index (χ3v) is 4.40. The molecule has 1 aromatic carbocycles. The number of ether oxygens (including phenoxy) is 1. The predicted octanol–water partition coefficient (Wildman–Crippen LogP) is 2.89. The monoisotopic (exact) mass is 326 g/mol. The number of aryl methyl sites for hydroxylation is 1. The van der Waals surface area contributed by atoms with Gasteiger partial charge in [-0.05, 0) is 62.6 Å². The molecule has 0 saturated heterocycles. The molecule has 2 atom stereocenters. The van der Waals surface area contributed by atoms with Crippen molar-refractivity contribution in [3.8, 4) is 11.8 Å². The maximum Gasteiger partial charge on any atom is 0.322 e. The molecule has 1 saturated carbocycles. The van der Waals surface area contributed by atoms with Crippen molar-refractivity contribution < 1.29 is 9.53 Å². The number of aromatic nitrogens is 2. The standard InChI is InChI=1S/C18H22N4O2/c1-12-9-10-20-18(21-12)24-15-7-5-14(6-8-15)22-17(23)16-4-2-3-13(16)11-19/h5-10,13,16H,2-4,11,19H2,1H3,(H,22,23)/t13-,16-/m1/s1. The van der Waals surface area contributed by atoms with Crippen molar-refractivity contribution in [1.82, 2.24) is 9.97 Å². The van der Waals surface area contributed by atoms with Crippen molar-refractivity contribution in [2.45, 2.75) is 26.2 Å². The summed E-state index contributed by atoms with van der Waals surface area (Å²) in [7, 11) is 0. The van der Waals surface area contributed by atoms with Gasteiger partial charge in [0.1, 0.15) is 5.75 Å². The van der Waals surface area contributed by atoms with Gasteiger partial charge in [0.05, 0.1) is 0 Å². The van der Waals surface area contributed by atoms with Gasteiger partial charge in [0.25, 0.3) is 0 Å². The number of carbonyl (C=O) groups excluding carboxylic acids is 1. The normalized spacial score (nSPS) is 19.9. The minimum atomic E-state index is 0.0200. The molecule has 1 aromatic heterocycles. The van der Waals surface area contributed by atoms with E-state index in [1.165, 1.54) is 0 Å². The van der Waals surface area contributed by atoms with E-state index >= 15 is 0 Å². The molecule has 1 fully saturated rings. The van der Waals surface area contributed by atoms with Crippen LogP contribution in [0.4, 0.5) is 5.69 Å². The lowest BCUT2D eigenvalue weighted by molar-refractivity contribution is -0.120. The quantitative estimate of drug-likeness (QED) is 0.881. The summed E-state index contributed by atoms with van der Waals surface area (Å²) in [5.41, 5.74) is 7.34. The highest BCUT2D eigenvalue weighted by molar-refractivity contribution is 5.93. The van der Waals surface area contributed by atoms with Gasteiger partial charge in [0.2, 0.25) is 5.91 Å². The predicted molar refractivity (Wildman–Crippen MR) is 91.8 cm³/mol. The number of rotatable bonds is 5. The third-order valence-electron chi connectivity index (χ3n) is 4.40. The first kappa shape index (κ1) is 16.4. The zero-order chi connectivity index (χ0) is 16.9. The van der Waals surface area contributed by atoms with Crippen LogP contribution in [-0.2, 0) is 4.79 Å². The molecule has 24 heavy (non-hydrogen) atoms. The Balaban J connectivity index is 1.61. The van der Waals surface area contributed by atoms with E-state index in [9.17, 15) is 4.79 Å². The fraction of sp³-hybridized carbons (Fsp3) is 0.389. The van der Waals surface area contributed by atoms with E-state index in [0.29, 0.717) is 24.2 Å². The van der Waals surface area contributed by atoms with E-state index in [0.717, 1.165) is 30.6 Å².